The average Bonchev–Trinajstić information content (AvgIpc) is 2.97. The van der Waals surface area contributed by atoms with Crippen LogP contribution in [0.1, 0.15) is 21.8 Å². The number of hydrogen-bond acceptors (Lipinski definition) is 4. The molecule has 1 heterocycles. The normalized spacial score (nSPS) is 10.6. The van der Waals surface area contributed by atoms with Gasteiger partial charge in [-0.1, -0.05) is 52.1 Å². The second-order valence-corrected chi connectivity index (χ2v) is 6.61. The van der Waals surface area contributed by atoms with Crippen molar-refractivity contribution >= 4 is 46.4 Å². The molecular formula is C18H13Cl3N2O3. The lowest BCUT2D eigenvalue weighted by atomic mass is 10.2. The fraction of sp³-hybridized carbons (Fsp3) is 0.111. The summed E-state index contributed by atoms with van der Waals surface area (Å²) >= 11 is 18.0. The SMILES string of the molecule is Cc1onc(C(=O)Nc2ccc(Cl)cc2Cl)c1COc1ccccc1Cl. The van der Waals surface area contributed by atoms with Gasteiger partial charge in [0.2, 0.25) is 0 Å². The molecule has 2 aromatic carbocycles. The van der Waals surface area contributed by atoms with Crippen LogP contribution in [0.15, 0.2) is 47.0 Å². The number of rotatable bonds is 5. The maximum atomic E-state index is 12.6. The van der Waals surface area contributed by atoms with Gasteiger partial charge < -0.3 is 14.6 Å². The van der Waals surface area contributed by atoms with Crippen LogP contribution < -0.4 is 10.1 Å². The van der Waals surface area contributed by atoms with Crippen LogP contribution in [0, 0.1) is 6.92 Å². The molecule has 0 spiro atoms. The monoisotopic (exact) mass is 410 g/mol. The highest BCUT2D eigenvalue weighted by Gasteiger charge is 2.21. The van der Waals surface area contributed by atoms with E-state index in [1.54, 1.807) is 43.3 Å². The Labute approximate surface area is 164 Å². The summed E-state index contributed by atoms with van der Waals surface area (Å²) in [6, 6.07) is 11.8. The molecule has 0 aliphatic heterocycles. The van der Waals surface area contributed by atoms with E-state index in [-0.39, 0.29) is 12.3 Å². The summed E-state index contributed by atoms with van der Waals surface area (Å²) in [4.78, 5) is 12.6. The van der Waals surface area contributed by atoms with Crippen LogP contribution in [0.4, 0.5) is 5.69 Å². The number of benzene rings is 2. The van der Waals surface area contributed by atoms with Gasteiger partial charge in [-0.25, -0.2) is 0 Å². The zero-order valence-corrected chi connectivity index (χ0v) is 15.8. The lowest BCUT2D eigenvalue weighted by molar-refractivity contribution is 0.101. The summed E-state index contributed by atoms with van der Waals surface area (Å²) in [7, 11) is 0. The number of ether oxygens (including phenoxy) is 1. The third kappa shape index (κ3) is 4.12. The fourth-order valence-electron chi connectivity index (χ4n) is 2.22. The van der Waals surface area contributed by atoms with Crippen molar-refractivity contribution < 1.29 is 14.1 Å². The van der Waals surface area contributed by atoms with Crippen molar-refractivity contribution in [2.75, 3.05) is 5.32 Å². The first kappa shape index (κ1) is 18.6. The highest BCUT2D eigenvalue weighted by atomic mass is 35.5. The van der Waals surface area contributed by atoms with Crippen LogP contribution in [0.25, 0.3) is 0 Å². The van der Waals surface area contributed by atoms with E-state index in [0.29, 0.717) is 37.8 Å². The van der Waals surface area contributed by atoms with Gasteiger partial charge in [0.05, 0.1) is 21.3 Å². The molecule has 0 bridgehead atoms. The smallest absolute Gasteiger partial charge is 0.278 e. The zero-order valence-electron chi connectivity index (χ0n) is 13.6. The quantitative estimate of drug-likeness (QED) is 0.578. The molecule has 0 radical (unpaired) electrons. The topological polar surface area (TPSA) is 64.4 Å². The Morgan fingerprint density at radius 3 is 2.65 bits per heavy atom. The van der Waals surface area contributed by atoms with Crippen LogP contribution in [-0.2, 0) is 6.61 Å². The summed E-state index contributed by atoms with van der Waals surface area (Å²) in [5.74, 6) is 0.509. The van der Waals surface area contributed by atoms with E-state index in [1.165, 1.54) is 6.07 Å². The van der Waals surface area contributed by atoms with Gasteiger partial charge in [0.1, 0.15) is 18.1 Å². The summed E-state index contributed by atoms with van der Waals surface area (Å²) in [5, 5.41) is 7.77. The molecule has 0 saturated heterocycles. The molecule has 0 unspecified atom stereocenters. The molecule has 1 aromatic heterocycles. The van der Waals surface area contributed by atoms with Gasteiger partial charge in [0.15, 0.2) is 5.69 Å². The van der Waals surface area contributed by atoms with Gasteiger partial charge in [-0.2, -0.15) is 0 Å². The average molecular weight is 412 g/mol. The number of nitrogens with one attached hydrogen (secondary N) is 1. The molecule has 3 rings (SSSR count). The standard InChI is InChI=1S/C18H13Cl3N2O3/c1-10-12(9-25-16-5-3-2-4-13(16)20)17(23-26-10)18(24)22-15-7-6-11(19)8-14(15)21/h2-8H,9H2,1H3,(H,22,24). The van der Waals surface area contributed by atoms with Crippen LogP contribution in [0.3, 0.4) is 0 Å². The number of halogens is 3. The first-order valence-corrected chi connectivity index (χ1v) is 8.68. The molecular weight excluding hydrogens is 399 g/mol. The van der Waals surface area contributed by atoms with E-state index in [4.69, 9.17) is 44.1 Å². The minimum absolute atomic E-state index is 0.0795. The van der Waals surface area contributed by atoms with Crippen molar-refractivity contribution in [3.05, 3.63) is 74.6 Å². The maximum absolute atomic E-state index is 12.6. The number of anilines is 1. The number of hydrogen-bond donors (Lipinski definition) is 1. The first-order chi connectivity index (χ1) is 12.5. The predicted molar refractivity (Wildman–Crippen MR) is 101 cm³/mol. The highest BCUT2D eigenvalue weighted by Crippen LogP contribution is 2.28. The molecule has 3 aromatic rings. The Balaban J connectivity index is 1.78. The lowest BCUT2D eigenvalue weighted by Gasteiger charge is -2.09. The number of aromatic nitrogens is 1. The van der Waals surface area contributed by atoms with E-state index in [1.807, 2.05) is 0 Å². The van der Waals surface area contributed by atoms with E-state index >= 15 is 0 Å². The van der Waals surface area contributed by atoms with Crippen molar-refractivity contribution in [1.82, 2.24) is 5.16 Å². The number of nitrogens with zero attached hydrogens (tertiary/aromatic N) is 1. The maximum Gasteiger partial charge on any atom is 0.278 e. The predicted octanol–water partition coefficient (Wildman–Crippen LogP) is 5.77. The van der Waals surface area contributed by atoms with Crippen LogP contribution in [0.5, 0.6) is 5.75 Å². The van der Waals surface area contributed by atoms with E-state index in [9.17, 15) is 4.79 Å². The number of carbonyl (C=O) groups excluding carboxylic acids is 1. The molecule has 0 aliphatic carbocycles. The molecule has 0 saturated carbocycles. The summed E-state index contributed by atoms with van der Waals surface area (Å²) in [6.07, 6.45) is 0. The van der Waals surface area contributed by atoms with Gasteiger partial charge in [-0.3, -0.25) is 4.79 Å². The minimum Gasteiger partial charge on any atom is -0.487 e. The number of aryl methyl sites for hydroxylation is 1. The zero-order chi connectivity index (χ0) is 18.7. The van der Waals surface area contributed by atoms with Crippen LogP contribution >= 0.6 is 34.8 Å². The van der Waals surface area contributed by atoms with Crippen molar-refractivity contribution in [3.63, 3.8) is 0 Å². The molecule has 0 atom stereocenters. The van der Waals surface area contributed by atoms with E-state index in [0.717, 1.165) is 0 Å². The molecule has 0 fully saturated rings. The van der Waals surface area contributed by atoms with E-state index < -0.39 is 5.91 Å². The molecule has 134 valence electrons. The molecule has 1 amide bonds. The first-order valence-electron chi connectivity index (χ1n) is 7.54. The molecule has 8 heteroatoms. The van der Waals surface area contributed by atoms with Gasteiger partial charge in [0.25, 0.3) is 5.91 Å². The Bertz CT molecular complexity index is 957. The molecule has 1 N–H and O–H groups in total. The summed E-state index contributed by atoms with van der Waals surface area (Å²) < 4.78 is 10.8. The lowest BCUT2D eigenvalue weighted by Crippen LogP contribution is -2.15. The number of amides is 1. The molecule has 26 heavy (non-hydrogen) atoms. The Morgan fingerprint density at radius 1 is 1.15 bits per heavy atom. The van der Waals surface area contributed by atoms with Gasteiger partial charge in [-0.05, 0) is 37.3 Å². The largest absolute Gasteiger partial charge is 0.487 e. The van der Waals surface area contributed by atoms with Crippen molar-refractivity contribution in [3.8, 4) is 5.75 Å². The third-order valence-electron chi connectivity index (χ3n) is 3.59. The number of para-hydroxylation sites is 1. The second kappa shape index (κ2) is 7.99. The summed E-state index contributed by atoms with van der Waals surface area (Å²) in [5.41, 5.74) is 1.05. The van der Waals surface area contributed by atoms with Crippen molar-refractivity contribution in [2.24, 2.45) is 0 Å². The number of carbonyl (C=O) groups is 1. The molecule has 5 nitrogen and oxygen atoms in total. The fourth-order valence-corrected chi connectivity index (χ4v) is 2.87. The van der Waals surface area contributed by atoms with Crippen molar-refractivity contribution in [1.29, 1.82) is 0 Å². The third-order valence-corrected chi connectivity index (χ3v) is 4.45. The van der Waals surface area contributed by atoms with E-state index in [2.05, 4.69) is 10.5 Å². The molecule has 0 aliphatic rings. The Hall–Kier alpha value is -2.21. The Kier molecular flexibility index (Phi) is 5.71. The van der Waals surface area contributed by atoms with Gasteiger partial charge >= 0.3 is 0 Å². The van der Waals surface area contributed by atoms with Crippen molar-refractivity contribution in [2.45, 2.75) is 13.5 Å². The van der Waals surface area contributed by atoms with Gasteiger partial charge in [0, 0.05) is 5.02 Å². The minimum atomic E-state index is -0.469. The van der Waals surface area contributed by atoms with Gasteiger partial charge in [-0.15, -0.1) is 0 Å². The summed E-state index contributed by atoms with van der Waals surface area (Å²) in [6.45, 7) is 1.78. The van der Waals surface area contributed by atoms with Crippen LogP contribution in [-0.4, -0.2) is 11.1 Å². The van der Waals surface area contributed by atoms with Crippen LogP contribution in [0.2, 0.25) is 15.1 Å². The Morgan fingerprint density at radius 2 is 1.92 bits per heavy atom. The second-order valence-electron chi connectivity index (χ2n) is 5.36. The highest BCUT2D eigenvalue weighted by molar-refractivity contribution is 6.36.